The second-order valence-corrected chi connectivity index (χ2v) is 5.09. The van der Waals surface area contributed by atoms with Crippen LogP contribution >= 0.6 is 23.2 Å². The van der Waals surface area contributed by atoms with Crippen LogP contribution in [0, 0.1) is 0 Å². The number of hydrogen-bond acceptors (Lipinski definition) is 2. The third-order valence-corrected chi connectivity index (χ3v) is 2.71. The van der Waals surface area contributed by atoms with E-state index in [1.165, 1.54) is 6.42 Å². The van der Waals surface area contributed by atoms with Gasteiger partial charge in [0.05, 0.1) is 17.3 Å². The number of halogens is 2. The molecule has 3 nitrogen and oxygen atoms in total. The Morgan fingerprint density at radius 2 is 1.85 bits per heavy atom. The molecule has 1 heterocycles. The first-order valence-corrected chi connectivity index (χ1v) is 7.51. The first-order chi connectivity index (χ1) is 9.62. The highest BCUT2D eigenvalue weighted by Crippen LogP contribution is 2.24. The molecular formula is C15H20Cl2N2O. The van der Waals surface area contributed by atoms with Gasteiger partial charge in [-0.3, -0.25) is 0 Å². The Balaban J connectivity index is 0.000000612. The van der Waals surface area contributed by atoms with Crippen LogP contribution in [0.2, 0.25) is 10.0 Å². The van der Waals surface area contributed by atoms with Gasteiger partial charge in [0.15, 0.2) is 0 Å². The van der Waals surface area contributed by atoms with E-state index in [1.807, 2.05) is 13.0 Å². The molecule has 0 aliphatic rings. The topological polar surface area (TPSA) is 27.1 Å². The highest BCUT2D eigenvalue weighted by Gasteiger charge is 2.06. The molecule has 0 aliphatic heterocycles. The van der Waals surface area contributed by atoms with Gasteiger partial charge in [0.25, 0.3) is 0 Å². The summed E-state index contributed by atoms with van der Waals surface area (Å²) in [5.74, 6) is 0.595. The first kappa shape index (κ1) is 16.9. The molecule has 0 saturated heterocycles. The molecule has 5 heteroatoms. The number of rotatable bonds is 4. The smallest absolute Gasteiger partial charge is 0.233 e. The molecule has 0 spiro atoms. The molecule has 110 valence electrons. The molecule has 2 aromatic rings. The van der Waals surface area contributed by atoms with E-state index in [1.54, 1.807) is 29.1 Å². The highest BCUT2D eigenvalue weighted by atomic mass is 35.5. The Morgan fingerprint density at radius 1 is 1.15 bits per heavy atom. The molecule has 0 aliphatic carbocycles. The summed E-state index contributed by atoms with van der Waals surface area (Å²) in [4.78, 5) is 0. The maximum Gasteiger partial charge on any atom is 0.233 e. The van der Waals surface area contributed by atoms with Crippen molar-refractivity contribution in [1.29, 1.82) is 0 Å². The summed E-state index contributed by atoms with van der Waals surface area (Å²) in [5.41, 5.74) is 0.780. The van der Waals surface area contributed by atoms with Gasteiger partial charge in [-0.25, -0.2) is 4.68 Å². The SMILES string of the molecule is CCC.CCCOc1ccn(-c2ccc(Cl)cc2Cl)n1. The molecular weight excluding hydrogens is 295 g/mol. The Morgan fingerprint density at radius 3 is 2.45 bits per heavy atom. The fourth-order valence-electron chi connectivity index (χ4n) is 1.39. The van der Waals surface area contributed by atoms with Gasteiger partial charge in [0.1, 0.15) is 0 Å². The van der Waals surface area contributed by atoms with Crippen LogP contribution in [0.3, 0.4) is 0 Å². The van der Waals surface area contributed by atoms with E-state index in [4.69, 9.17) is 27.9 Å². The molecule has 0 N–H and O–H groups in total. The Labute approximate surface area is 130 Å². The monoisotopic (exact) mass is 314 g/mol. The van der Waals surface area contributed by atoms with Gasteiger partial charge in [0, 0.05) is 17.3 Å². The number of hydrogen-bond donors (Lipinski definition) is 0. The van der Waals surface area contributed by atoms with Gasteiger partial charge in [-0.15, -0.1) is 5.10 Å². The van der Waals surface area contributed by atoms with Crippen molar-refractivity contribution in [1.82, 2.24) is 9.78 Å². The fraction of sp³-hybridized carbons (Fsp3) is 0.400. The number of benzene rings is 1. The molecule has 20 heavy (non-hydrogen) atoms. The van der Waals surface area contributed by atoms with Gasteiger partial charge in [-0.05, 0) is 24.6 Å². The quantitative estimate of drug-likeness (QED) is 0.757. The zero-order valence-corrected chi connectivity index (χ0v) is 13.6. The fourth-order valence-corrected chi connectivity index (χ4v) is 1.89. The third-order valence-electron chi connectivity index (χ3n) is 2.18. The molecule has 0 unspecified atom stereocenters. The van der Waals surface area contributed by atoms with Gasteiger partial charge < -0.3 is 4.74 Å². The minimum Gasteiger partial charge on any atom is -0.477 e. The van der Waals surface area contributed by atoms with Gasteiger partial charge in [-0.1, -0.05) is 50.4 Å². The second-order valence-electron chi connectivity index (χ2n) is 4.25. The maximum absolute atomic E-state index is 6.09. The molecule has 0 bridgehead atoms. The van der Waals surface area contributed by atoms with Crippen molar-refractivity contribution in [2.24, 2.45) is 0 Å². The molecule has 1 aromatic carbocycles. The standard InChI is InChI=1S/C12H12Cl2N2O.C3H8/c1-2-7-17-12-5-6-16(15-12)11-4-3-9(13)8-10(11)14;1-3-2/h3-6,8H,2,7H2,1H3;3H2,1-2H3. The van der Waals surface area contributed by atoms with E-state index in [2.05, 4.69) is 18.9 Å². The van der Waals surface area contributed by atoms with Crippen LogP contribution in [0.25, 0.3) is 5.69 Å². The van der Waals surface area contributed by atoms with E-state index in [0.717, 1.165) is 12.1 Å². The van der Waals surface area contributed by atoms with Crippen molar-refractivity contribution in [3.05, 3.63) is 40.5 Å². The van der Waals surface area contributed by atoms with Gasteiger partial charge >= 0.3 is 0 Å². The minimum atomic E-state index is 0.558. The molecule has 0 atom stereocenters. The number of nitrogens with zero attached hydrogens (tertiary/aromatic N) is 2. The third kappa shape index (κ3) is 5.06. The Bertz CT molecular complexity index is 526. The van der Waals surface area contributed by atoms with Crippen molar-refractivity contribution in [2.75, 3.05) is 6.61 Å². The van der Waals surface area contributed by atoms with Crippen molar-refractivity contribution < 1.29 is 4.74 Å². The van der Waals surface area contributed by atoms with Crippen LogP contribution in [0.4, 0.5) is 0 Å². The molecule has 0 radical (unpaired) electrons. The summed E-state index contributed by atoms with van der Waals surface area (Å²) in [7, 11) is 0. The molecule has 2 rings (SSSR count). The van der Waals surface area contributed by atoms with Crippen LogP contribution in [-0.4, -0.2) is 16.4 Å². The zero-order chi connectivity index (χ0) is 15.0. The minimum absolute atomic E-state index is 0.558. The summed E-state index contributed by atoms with van der Waals surface area (Å²) >= 11 is 11.9. The van der Waals surface area contributed by atoms with E-state index in [0.29, 0.717) is 22.5 Å². The lowest BCUT2D eigenvalue weighted by molar-refractivity contribution is 0.303. The zero-order valence-electron chi connectivity index (χ0n) is 12.1. The van der Waals surface area contributed by atoms with Crippen LogP contribution in [0.5, 0.6) is 5.88 Å². The van der Waals surface area contributed by atoms with Crippen LogP contribution in [-0.2, 0) is 0 Å². The number of aromatic nitrogens is 2. The predicted molar refractivity (Wildman–Crippen MR) is 85.3 cm³/mol. The summed E-state index contributed by atoms with van der Waals surface area (Å²) in [6.07, 6.45) is 4.01. The highest BCUT2D eigenvalue weighted by molar-refractivity contribution is 6.35. The van der Waals surface area contributed by atoms with Gasteiger partial charge in [0.2, 0.25) is 5.88 Å². The normalized spacial score (nSPS) is 9.85. The second kappa shape index (κ2) is 8.88. The summed E-state index contributed by atoms with van der Waals surface area (Å²) in [6, 6.07) is 7.09. The molecule has 0 saturated carbocycles. The summed E-state index contributed by atoms with van der Waals surface area (Å²) < 4.78 is 7.09. The van der Waals surface area contributed by atoms with Crippen LogP contribution in [0.15, 0.2) is 30.5 Å². The van der Waals surface area contributed by atoms with Crippen LogP contribution < -0.4 is 4.74 Å². The predicted octanol–water partition coefficient (Wildman–Crippen LogP) is 5.38. The average Bonchev–Trinajstić information content (AvgIpc) is 2.86. The summed E-state index contributed by atoms with van der Waals surface area (Å²) in [6.45, 7) is 6.96. The van der Waals surface area contributed by atoms with Gasteiger partial charge in [-0.2, -0.15) is 0 Å². The average molecular weight is 315 g/mol. The largest absolute Gasteiger partial charge is 0.477 e. The Kier molecular flexibility index (Phi) is 7.48. The van der Waals surface area contributed by atoms with E-state index in [-0.39, 0.29) is 0 Å². The lowest BCUT2D eigenvalue weighted by atomic mass is 10.3. The van der Waals surface area contributed by atoms with E-state index in [9.17, 15) is 0 Å². The lowest BCUT2D eigenvalue weighted by Gasteiger charge is -2.04. The van der Waals surface area contributed by atoms with Crippen LogP contribution in [0.1, 0.15) is 33.6 Å². The molecule has 1 aromatic heterocycles. The van der Waals surface area contributed by atoms with Crippen molar-refractivity contribution in [3.63, 3.8) is 0 Å². The lowest BCUT2D eigenvalue weighted by Crippen LogP contribution is -1.99. The van der Waals surface area contributed by atoms with E-state index >= 15 is 0 Å². The van der Waals surface area contributed by atoms with Crippen molar-refractivity contribution >= 4 is 23.2 Å². The van der Waals surface area contributed by atoms with E-state index < -0.39 is 0 Å². The van der Waals surface area contributed by atoms with Crippen molar-refractivity contribution in [2.45, 2.75) is 33.6 Å². The van der Waals surface area contributed by atoms with Crippen molar-refractivity contribution in [3.8, 4) is 11.6 Å². The first-order valence-electron chi connectivity index (χ1n) is 6.76. The maximum atomic E-state index is 6.09. The number of ether oxygens (including phenoxy) is 1. The Hall–Kier alpha value is -1.19. The summed E-state index contributed by atoms with van der Waals surface area (Å²) in [5, 5.41) is 5.44. The molecule has 0 amide bonds. The molecule has 0 fully saturated rings.